The summed E-state index contributed by atoms with van der Waals surface area (Å²) in [4.78, 5) is 33.5. The van der Waals surface area contributed by atoms with Crippen molar-refractivity contribution in [3.05, 3.63) is 0 Å². The fraction of sp³-hybridized carbons (Fsp3) is 0.846. The molecule has 3 aliphatic heterocycles. The highest BCUT2D eigenvalue weighted by Gasteiger charge is 2.57. The summed E-state index contributed by atoms with van der Waals surface area (Å²) in [5.74, 6) is -0.469. The summed E-state index contributed by atoms with van der Waals surface area (Å²) in [6.07, 6.45) is 0.209. The highest BCUT2D eigenvalue weighted by Crippen LogP contribution is 2.42. The Labute approximate surface area is 145 Å². The SMILES string of the molecule is CN1CC(ONC(=O)[C@@H]2CC(C)(C)[C@@H]3CN2C(=O)N3OS(=O)(=O)O)C1. The second-order valence-corrected chi connectivity index (χ2v) is 8.42. The molecule has 3 fully saturated rings. The fourth-order valence-electron chi connectivity index (χ4n) is 3.51. The van der Waals surface area contributed by atoms with Gasteiger partial charge in [0.15, 0.2) is 0 Å². The second kappa shape index (κ2) is 6.06. The van der Waals surface area contributed by atoms with Gasteiger partial charge in [-0.3, -0.25) is 14.2 Å². The van der Waals surface area contributed by atoms with Gasteiger partial charge >= 0.3 is 16.4 Å². The number of hydrogen-bond donors (Lipinski definition) is 2. The molecule has 12 heteroatoms. The number of nitrogens with one attached hydrogen (secondary N) is 1. The predicted molar refractivity (Wildman–Crippen MR) is 83.1 cm³/mol. The van der Waals surface area contributed by atoms with E-state index in [0.717, 1.165) is 0 Å². The van der Waals surface area contributed by atoms with Crippen molar-refractivity contribution < 1.29 is 31.7 Å². The molecule has 2 N–H and O–H groups in total. The molecular weight excluding hydrogens is 356 g/mol. The maximum Gasteiger partial charge on any atom is 0.418 e. The molecule has 2 bridgehead atoms. The lowest BCUT2D eigenvalue weighted by atomic mass is 9.76. The molecular formula is C13H22N4O7S. The van der Waals surface area contributed by atoms with E-state index in [1.165, 1.54) is 4.90 Å². The van der Waals surface area contributed by atoms with Crippen molar-refractivity contribution in [2.75, 3.05) is 26.7 Å². The summed E-state index contributed by atoms with van der Waals surface area (Å²) in [7, 11) is -2.91. The van der Waals surface area contributed by atoms with Crippen LogP contribution < -0.4 is 5.48 Å². The first-order valence-electron chi connectivity index (χ1n) is 7.89. The van der Waals surface area contributed by atoms with E-state index in [1.54, 1.807) is 13.8 Å². The van der Waals surface area contributed by atoms with Gasteiger partial charge in [-0.05, 0) is 18.9 Å². The van der Waals surface area contributed by atoms with Crippen molar-refractivity contribution >= 4 is 22.3 Å². The standard InChI is InChI=1S/C13H22N4O7S/c1-13(2)4-9(11(18)14-23-8-5-15(3)6-8)16-7-10(13)17(12(16)19)24-25(20,21)22/h8-10H,4-7H2,1-3H3,(H,14,18)(H,20,21,22)/t9-,10-/m0/s1. The van der Waals surface area contributed by atoms with Gasteiger partial charge in [0.25, 0.3) is 5.91 Å². The van der Waals surface area contributed by atoms with Gasteiger partial charge in [-0.15, -0.1) is 4.28 Å². The van der Waals surface area contributed by atoms with Gasteiger partial charge in [0, 0.05) is 19.6 Å². The van der Waals surface area contributed by atoms with Crippen molar-refractivity contribution in [2.24, 2.45) is 5.41 Å². The van der Waals surface area contributed by atoms with Crippen molar-refractivity contribution in [1.29, 1.82) is 0 Å². The first kappa shape index (κ1) is 18.3. The Balaban J connectivity index is 1.70. The van der Waals surface area contributed by atoms with Crippen LogP contribution >= 0.6 is 0 Å². The van der Waals surface area contributed by atoms with Crippen LogP contribution in [0, 0.1) is 5.41 Å². The Morgan fingerprint density at radius 1 is 1.32 bits per heavy atom. The molecule has 11 nitrogen and oxygen atoms in total. The topological polar surface area (TPSA) is 129 Å². The van der Waals surface area contributed by atoms with Crippen molar-refractivity contribution in [1.82, 2.24) is 20.3 Å². The van der Waals surface area contributed by atoms with E-state index < -0.39 is 39.8 Å². The minimum Gasteiger partial charge on any atom is -0.309 e. The molecule has 3 rings (SSSR count). The third kappa shape index (κ3) is 3.58. The van der Waals surface area contributed by atoms with Crippen LogP contribution in [0.3, 0.4) is 0 Å². The number of hydroxylamine groups is 3. The molecule has 3 aliphatic rings. The zero-order chi connectivity index (χ0) is 18.6. The summed E-state index contributed by atoms with van der Waals surface area (Å²) >= 11 is 0. The molecule has 0 aromatic carbocycles. The van der Waals surface area contributed by atoms with Gasteiger partial charge in [-0.25, -0.2) is 10.3 Å². The molecule has 3 amide bonds. The van der Waals surface area contributed by atoms with E-state index in [4.69, 9.17) is 9.39 Å². The first-order valence-corrected chi connectivity index (χ1v) is 9.25. The minimum atomic E-state index is -4.84. The molecule has 3 heterocycles. The van der Waals surface area contributed by atoms with Crippen LogP contribution in [-0.2, 0) is 24.3 Å². The Kier molecular flexibility index (Phi) is 4.44. The van der Waals surface area contributed by atoms with Gasteiger partial charge in [0.2, 0.25) is 0 Å². The largest absolute Gasteiger partial charge is 0.418 e. The average molecular weight is 378 g/mol. The number of fused-ring (bicyclic) bond motifs is 2. The van der Waals surface area contributed by atoms with Crippen molar-refractivity contribution in [3.63, 3.8) is 0 Å². The molecule has 0 aromatic heterocycles. The molecule has 0 spiro atoms. The Hall–Kier alpha value is -1.47. The molecule has 0 aromatic rings. The Morgan fingerprint density at radius 3 is 2.52 bits per heavy atom. The molecule has 0 aliphatic carbocycles. The summed E-state index contributed by atoms with van der Waals surface area (Å²) in [5.41, 5.74) is 1.79. The maximum absolute atomic E-state index is 12.5. The fourth-order valence-corrected chi connectivity index (χ4v) is 3.88. The quantitative estimate of drug-likeness (QED) is 0.460. The number of likely N-dealkylation sites (N-methyl/N-ethyl adjacent to an activating group) is 1. The van der Waals surface area contributed by atoms with Crippen LogP contribution in [0.1, 0.15) is 20.3 Å². The summed E-state index contributed by atoms with van der Waals surface area (Å²) in [6, 6.07) is -2.20. The van der Waals surface area contributed by atoms with Crippen LogP contribution in [0.5, 0.6) is 0 Å². The molecule has 2 atom stereocenters. The number of hydrogen-bond acceptors (Lipinski definition) is 7. The van der Waals surface area contributed by atoms with Crippen LogP contribution in [0.2, 0.25) is 0 Å². The maximum atomic E-state index is 12.5. The number of amides is 3. The predicted octanol–water partition coefficient (Wildman–Crippen LogP) is -1.01. The molecule has 3 saturated heterocycles. The number of carbonyl (C=O) groups excluding carboxylic acids is 2. The van der Waals surface area contributed by atoms with E-state index in [1.807, 2.05) is 11.9 Å². The zero-order valence-electron chi connectivity index (χ0n) is 14.2. The lowest BCUT2D eigenvalue weighted by Gasteiger charge is -2.41. The van der Waals surface area contributed by atoms with Crippen molar-refractivity contribution in [2.45, 2.75) is 38.5 Å². The van der Waals surface area contributed by atoms with Gasteiger partial charge in [-0.1, -0.05) is 13.8 Å². The van der Waals surface area contributed by atoms with Crippen LogP contribution in [0.15, 0.2) is 0 Å². The molecule has 0 saturated carbocycles. The van der Waals surface area contributed by atoms with E-state index in [2.05, 4.69) is 9.76 Å². The van der Waals surface area contributed by atoms with E-state index in [9.17, 15) is 18.0 Å². The smallest absolute Gasteiger partial charge is 0.309 e. The summed E-state index contributed by atoms with van der Waals surface area (Å²) < 4.78 is 35.3. The van der Waals surface area contributed by atoms with Crippen LogP contribution in [-0.4, -0.2) is 84.6 Å². The van der Waals surface area contributed by atoms with E-state index in [0.29, 0.717) is 24.6 Å². The number of urea groups is 1. The summed E-state index contributed by atoms with van der Waals surface area (Å²) in [6.45, 7) is 5.13. The number of likely N-dealkylation sites (tertiary alicyclic amines) is 1. The van der Waals surface area contributed by atoms with Gasteiger partial charge in [0.1, 0.15) is 12.1 Å². The minimum absolute atomic E-state index is 0.0908. The van der Waals surface area contributed by atoms with Crippen LogP contribution in [0.4, 0.5) is 4.79 Å². The number of carbonyl (C=O) groups is 2. The lowest BCUT2D eigenvalue weighted by Crippen LogP contribution is -2.57. The summed E-state index contributed by atoms with van der Waals surface area (Å²) in [5, 5.41) is 0.629. The number of rotatable bonds is 5. The third-order valence-corrected chi connectivity index (χ3v) is 5.27. The van der Waals surface area contributed by atoms with Gasteiger partial charge in [-0.2, -0.15) is 13.5 Å². The van der Waals surface area contributed by atoms with Gasteiger partial charge < -0.3 is 9.80 Å². The van der Waals surface area contributed by atoms with E-state index in [-0.39, 0.29) is 12.6 Å². The first-order chi connectivity index (χ1) is 11.5. The average Bonchev–Trinajstić information content (AvgIpc) is 2.72. The van der Waals surface area contributed by atoms with E-state index >= 15 is 0 Å². The third-order valence-electron chi connectivity index (χ3n) is 4.92. The van der Waals surface area contributed by atoms with Gasteiger partial charge in [0.05, 0.1) is 6.04 Å². The van der Waals surface area contributed by atoms with Crippen LogP contribution in [0.25, 0.3) is 0 Å². The Bertz CT molecular complexity index is 676. The second-order valence-electron chi connectivity index (χ2n) is 7.41. The zero-order valence-corrected chi connectivity index (χ0v) is 15.0. The molecule has 25 heavy (non-hydrogen) atoms. The molecule has 0 radical (unpaired) electrons. The molecule has 0 unspecified atom stereocenters. The highest BCUT2D eigenvalue weighted by molar-refractivity contribution is 7.80. The Morgan fingerprint density at radius 2 is 1.96 bits per heavy atom. The highest BCUT2D eigenvalue weighted by atomic mass is 32.3. The number of piperidine rings is 1. The number of nitrogens with zero attached hydrogens (tertiary/aromatic N) is 3. The normalized spacial score (nSPS) is 29.7. The monoisotopic (exact) mass is 378 g/mol. The molecule has 142 valence electrons. The lowest BCUT2D eigenvalue weighted by molar-refractivity contribution is -0.154. The van der Waals surface area contributed by atoms with Crippen molar-refractivity contribution in [3.8, 4) is 0 Å².